The van der Waals surface area contributed by atoms with Crippen molar-refractivity contribution in [1.82, 2.24) is 14.7 Å². The molecule has 0 saturated heterocycles. The van der Waals surface area contributed by atoms with E-state index in [1.54, 1.807) is 0 Å². The predicted molar refractivity (Wildman–Crippen MR) is 49.0 cm³/mol. The molecule has 1 rings (SSSR count). The van der Waals surface area contributed by atoms with Crippen LogP contribution in [0.4, 0.5) is 10.6 Å². The van der Waals surface area contributed by atoms with Crippen LogP contribution in [0.25, 0.3) is 0 Å². The number of urea groups is 1. The van der Waals surface area contributed by atoms with E-state index in [1.807, 2.05) is 0 Å². The van der Waals surface area contributed by atoms with Crippen LogP contribution in [0.1, 0.15) is 0 Å². The quantitative estimate of drug-likeness (QED) is 0.709. The van der Waals surface area contributed by atoms with E-state index in [9.17, 15) is 13.2 Å². The molecule has 0 atom stereocenters. The van der Waals surface area contributed by atoms with Gasteiger partial charge in [0.15, 0.2) is 5.82 Å². The number of rotatable bonds is 2. The van der Waals surface area contributed by atoms with Crippen LogP contribution in [-0.2, 0) is 9.24 Å². The Bertz CT molecular complexity index is 420. The molecular formula is C5H5ClN4O3S. The van der Waals surface area contributed by atoms with Crippen molar-refractivity contribution >= 4 is 31.8 Å². The van der Waals surface area contributed by atoms with E-state index in [0.29, 0.717) is 0 Å². The molecule has 0 saturated carbocycles. The fourth-order valence-electron chi connectivity index (χ4n) is 0.616. The van der Waals surface area contributed by atoms with Crippen LogP contribution in [0.2, 0.25) is 0 Å². The Labute approximate surface area is 84.1 Å². The molecule has 1 aromatic rings. The van der Waals surface area contributed by atoms with Gasteiger partial charge in [0.25, 0.3) is 0 Å². The molecule has 0 aliphatic carbocycles. The van der Waals surface area contributed by atoms with E-state index in [2.05, 4.69) is 15.3 Å². The zero-order chi connectivity index (χ0) is 10.6. The monoisotopic (exact) mass is 236 g/mol. The summed E-state index contributed by atoms with van der Waals surface area (Å²) in [7, 11) is 0.677. The maximum atomic E-state index is 10.9. The van der Waals surface area contributed by atoms with E-state index in [4.69, 9.17) is 10.7 Å². The molecule has 1 heterocycles. The zero-order valence-electron chi connectivity index (χ0n) is 6.64. The highest BCUT2D eigenvalue weighted by Gasteiger charge is 2.10. The second kappa shape index (κ2) is 4.20. The Morgan fingerprint density at radius 1 is 1.43 bits per heavy atom. The van der Waals surface area contributed by atoms with Gasteiger partial charge >= 0.3 is 15.3 Å². The van der Waals surface area contributed by atoms with E-state index in [-0.39, 0.29) is 5.82 Å². The Hall–Kier alpha value is -1.41. The number of aromatic nitrogens is 2. The van der Waals surface area contributed by atoms with Crippen LogP contribution in [0.15, 0.2) is 18.6 Å². The Kier molecular flexibility index (Phi) is 3.20. The van der Waals surface area contributed by atoms with Crippen molar-refractivity contribution in [2.75, 3.05) is 5.32 Å². The fourth-order valence-corrected chi connectivity index (χ4v) is 1.10. The first-order valence-corrected chi connectivity index (χ1v) is 5.58. The van der Waals surface area contributed by atoms with E-state index in [1.165, 1.54) is 23.3 Å². The van der Waals surface area contributed by atoms with Crippen LogP contribution < -0.4 is 10.0 Å². The van der Waals surface area contributed by atoms with Crippen molar-refractivity contribution in [2.24, 2.45) is 0 Å². The largest absolute Gasteiger partial charge is 0.335 e. The minimum Gasteiger partial charge on any atom is -0.290 e. The number of hydrogen-bond donors (Lipinski definition) is 2. The van der Waals surface area contributed by atoms with Crippen LogP contribution in [-0.4, -0.2) is 24.4 Å². The molecule has 76 valence electrons. The maximum absolute atomic E-state index is 10.9. The Morgan fingerprint density at radius 2 is 2.14 bits per heavy atom. The molecule has 14 heavy (non-hydrogen) atoms. The highest BCUT2D eigenvalue weighted by Crippen LogP contribution is 1.97. The van der Waals surface area contributed by atoms with Crippen molar-refractivity contribution in [3.05, 3.63) is 18.6 Å². The number of amides is 2. The number of carbonyl (C=O) groups excluding carboxylic acids is 1. The molecule has 2 amide bonds. The maximum Gasteiger partial charge on any atom is 0.335 e. The lowest BCUT2D eigenvalue weighted by Gasteiger charge is -2.02. The lowest BCUT2D eigenvalue weighted by Crippen LogP contribution is -2.31. The summed E-state index contributed by atoms with van der Waals surface area (Å²) in [6, 6.07) is -1.000. The summed E-state index contributed by atoms with van der Waals surface area (Å²) >= 11 is 0. The van der Waals surface area contributed by atoms with Crippen molar-refractivity contribution in [3.8, 4) is 0 Å². The highest BCUT2D eigenvalue weighted by molar-refractivity contribution is 8.12. The lowest BCUT2D eigenvalue weighted by atomic mass is 10.6. The molecule has 0 spiro atoms. The first-order valence-electron chi connectivity index (χ1n) is 3.27. The van der Waals surface area contributed by atoms with Gasteiger partial charge in [-0.25, -0.2) is 14.5 Å². The number of anilines is 1. The highest BCUT2D eigenvalue weighted by atomic mass is 35.7. The number of nitrogens with one attached hydrogen (secondary N) is 2. The summed E-state index contributed by atoms with van der Waals surface area (Å²) in [5, 5.41) is 2.11. The molecule has 0 aliphatic heterocycles. The Morgan fingerprint density at radius 3 is 2.64 bits per heavy atom. The fraction of sp³-hybridized carbons (Fsp3) is 0. The SMILES string of the molecule is O=C(Nc1cnccn1)NS(=O)(=O)Cl. The predicted octanol–water partition coefficient (Wildman–Crippen LogP) is 0.0817. The van der Waals surface area contributed by atoms with Gasteiger partial charge in [-0.3, -0.25) is 10.3 Å². The van der Waals surface area contributed by atoms with Crippen molar-refractivity contribution in [2.45, 2.75) is 0 Å². The van der Waals surface area contributed by atoms with Crippen molar-refractivity contribution < 1.29 is 13.2 Å². The third-order valence-corrected chi connectivity index (χ3v) is 1.68. The van der Waals surface area contributed by atoms with Crippen LogP contribution >= 0.6 is 10.7 Å². The number of hydrogen-bond acceptors (Lipinski definition) is 5. The molecule has 0 radical (unpaired) electrons. The third-order valence-electron chi connectivity index (χ3n) is 1.02. The minimum absolute atomic E-state index is 0.116. The second-order valence-electron chi connectivity index (χ2n) is 2.08. The normalized spacial score (nSPS) is 10.6. The van der Waals surface area contributed by atoms with Gasteiger partial charge in [-0.15, -0.1) is 0 Å². The molecule has 1 aromatic heterocycles. The van der Waals surface area contributed by atoms with Gasteiger partial charge in [-0.2, -0.15) is 8.42 Å². The van der Waals surface area contributed by atoms with Gasteiger partial charge < -0.3 is 0 Å². The topological polar surface area (TPSA) is 101 Å². The average Bonchev–Trinajstić information content (AvgIpc) is 2.02. The first-order chi connectivity index (χ1) is 6.47. The van der Waals surface area contributed by atoms with Crippen molar-refractivity contribution in [1.29, 1.82) is 0 Å². The summed E-state index contributed by atoms with van der Waals surface area (Å²) in [5.74, 6) is 0.116. The van der Waals surface area contributed by atoms with Gasteiger partial charge in [0, 0.05) is 23.1 Å². The van der Waals surface area contributed by atoms with Gasteiger partial charge in [0.05, 0.1) is 6.20 Å². The minimum atomic E-state index is -4.08. The third kappa shape index (κ3) is 4.01. The lowest BCUT2D eigenvalue weighted by molar-refractivity contribution is 0.256. The van der Waals surface area contributed by atoms with E-state index < -0.39 is 15.3 Å². The molecule has 0 aromatic carbocycles. The molecule has 7 nitrogen and oxygen atoms in total. The zero-order valence-corrected chi connectivity index (χ0v) is 8.21. The van der Waals surface area contributed by atoms with Crippen LogP contribution in [0.5, 0.6) is 0 Å². The molecule has 2 N–H and O–H groups in total. The Balaban J connectivity index is 2.59. The number of halogens is 1. The molecule has 9 heteroatoms. The standard InChI is InChI=1S/C5H5ClN4O3S/c6-14(12,13)10-5(11)9-4-3-7-1-2-8-4/h1-3H,(H2,8,9,10,11). The van der Waals surface area contributed by atoms with E-state index >= 15 is 0 Å². The second-order valence-corrected chi connectivity index (χ2v) is 4.38. The van der Waals surface area contributed by atoms with Crippen LogP contribution in [0.3, 0.4) is 0 Å². The van der Waals surface area contributed by atoms with Crippen LogP contribution in [0, 0.1) is 0 Å². The smallest absolute Gasteiger partial charge is 0.290 e. The average molecular weight is 237 g/mol. The van der Waals surface area contributed by atoms with Gasteiger partial charge in [-0.05, 0) is 0 Å². The summed E-state index contributed by atoms with van der Waals surface area (Å²) < 4.78 is 22.3. The van der Waals surface area contributed by atoms with Gasteiger partial charge in [0.1, 0.15) is 0 Å². The summed E-state index contributed by atoms with van der Waals surface area (Å²) in [6.45, 7) is 0. The van der Waals surface area contributed by atoms with Gasteiger partial charge in [-0.1, -0.05) is 0 Å². The molecule has 0 aliphatic rings. The first kappa shape index (κ1) is 10.7. The molecule has 0 bridgehead atoms. The van der Waals surface area contributed by atoms with E-state index in [0.717, 1.165) is 0 Å². The summed E-state index contributed by atoms with van der Waals surface area (Å²) in [4.78, 5) is 18.2. The van der Waals surface area contributed by atoms with Crippen molar-refractivity contribution in [3.63, 3.8) is 0 Å². The number of nitrogens with zero attached hydrogens (tertiary/aromatic N) is 2. The molecule has 0 unspecified atom stereocenters. The summed E-state index contributed by atoms with van der Waals surface area (Å²) in [6.07, 6.45) is 3.99. The molecule has 0 fully saturated rings. The number of carbonyl (C=O) groups is 1. The summed E-state index contributed by atoms with van der Waals surface area (Å²) in [5.41, 5.74) is 0. The molecular weight excluding hydrogens is 232 g/mol. The van der Waals surface area contributed by atoms with Gasteiger partial charge in [0.2, 0.25) is 0 Å².